The largest absolute Gasteiger partial charge is 0.380 e. The van der Waals surface area contributed by atoms with E-state index in [-0.39, 0.29) is 23.6 Å². The summed E-state index contributed by atoms with van der Waals surface area (Å²) >= 11 is 0. The standard InChI is InChI=1S/C20H27N3O2/c1-6-20(4,5)23-16-9-7-8-15(11-16)18(24)21-12-17-13(2)10-14(3)22-19(17)25/h7-11,23H,6,12H2,1-5H3,(H,21,24)(H,22,25). The first-order valence-electron chi connectivity index (χ1n) is 8.57. The molecular formula is C20H27N3O2. The van der Waals surface area contributed by atoms with Crippen LogP contribution in [0.5, 0.6) is 0 Å². The van der Waals surface area contributed by atoms with Gasteiger partial charge in [0.05, 0.1) is 0 Å². The van der Waals surface area contributed by atoms with Crippen LogP contribution in [0.15, 0.2) is 35.1 Å². The number of hydrogen-bond acceptors (Lipinski definition) is 3. The molecule has 0 spiro atoms. The SMILES string of the molecule is CCC(C)(C)Nc1cccc(C(=O)NCc2c(C)cc(C)[nH]c2=O)c1. The maximum absolute atomic E-state index is 12.4. The van der Waals surface area contributed by atoms with Gasteiger partial charge in [0, 0.05) is 34.6 Å². The van der Waals surface area contributed by atoms with Gasteiger partial charge >= 0.3 is 0 Å². The van der Waals surface area contributed by atoms with Gasteiger partial charge in [0.1, 0.15) is 0 Å². The molecule has 0 bridgehead atoms. The summed E-state index contributed by atoms with van der Waals surface area (Å²) in [7, 11) is 0. The molecule has 5 nitrogen and oxygen atoms in total. The molecule has 1 heterocycles. The molecule has 2 rings (SSSR count). The van der Waals surface area contributed by atoms with Crippen LogP contribution in [0.2, 0.25) is 0 Å². The summed E-state index contributed by atoms with van der Waals surface area (Å²) in [6.07, 6.45) is 0.971. The molecule has 1 aromatic carbocycles. The van der Waals surface area contributed by atoms with Crippen molar-refractivity contribution in [2.75, 3.05) is 5.32 Å². The quantitative estimate of drug-likeness (QED) is 0.752. The van der Waals surface area contributed by atoms with Crippen LogP contribution in [-0.2, 0) is 6.54 Å². The van der Waals surface area contributed by atoms with E-state index in [1.54, 1.807) is 6.07 Å². The Balaban J connectivity index is 2.11. The van der Waals surface area contributed by atoms with Crippen LogP contribution in [0.4, 0.5) is 5.69 Å². The van der Waals surface area contributed by atoms with Gasteiger partial charge in [0.25, 0.3) is 11.5 Å². The lowest BCUT2D eigenvalue weighted by atomic mass is 10.0. The monoisotopic (exact) mass is 341 g/mol. The highest BCUT2D eigenvalue weighted by molar-refractivity contribution is 5.95. The predicted molar refractivity (Wildman–Crippen MR) is 102 cm³/mol. The van der Waals surface area contributed by atoms with Crippen LogP contribution in [0, 0.1) is 13.8 Å². The third-order valence-corrected chi connectivity index (χ3v) is 4.41. The van der Waals surface area contributed by atoms with Crippen molar-refractivity contribution in [2.24, 2.45) is 0 Å². The number of carbonyl (C=O) groups is 1. The third kappa shape index (κ3) is 4.95. The lowest BCUT2D eigenvalue weighted by molar-refractivity contribution is 0.0950. The molecule has 0 fully saturated rings. The first-order chi connectivity index (χ1) is 11.7. The molecular weight excluding hydrogens is 314 g/mol. The number of aryl methyl sites for hydroxylation is 2. The second-order valence-electron chi connectivity index (χ2n) is 7.07. The Hall–Kier alpha value is -2.56. The molecule has 1 amide bonds. The van der Waals surface area contributed by atoms with Crippen LogP contribution in [0.3, 0.4) is 0 Å². The second kappa shape index (κ2) is 7.55. The maximum atomic E-state index is 12.4. The van der Waals surface area contributed by atoms with Gasteiger partial charge in [-0.2, -0.15) is 0 Å². The molecule has 0 saturated heterocycles. The number of carbonyl (C=O) groups excluding carboxylic acids is 1. The summed E-state index contributed by atoms with van der Waals surface area (Å²) in [6, 6.07) is 9.31. The molecule has 5 heteroatoms. The van der Waals surface area contributed by atoms with Gasteiger partial charge in [0.2, 0.25) is 0 Å². The third-order valence-electron chi connectivity index (χ3n) is 4.41. The number of H-pyrrole nitrogens is 1. The van der Waals surface area contributed by atoms with Gasteiger partial charge in [0.15, 0.2) is 0 Å². The summed E-state index contributed by atoms with van der Waals surface area (Å²) in [4.78, 5) is 27.2. The van der Waals surface area contributed by atoms with E-state index in [2.05, 4.69) is 36.4 Å². The first-order valence-corrected chi connectivity index (χ1v) is 8.57. The van der Waals surface area contributed by atoms with Gasteiger partial charge in [-0.05, 0) is 63.9 Å². The van der Waals surface area contributed by atoms with Crippen molar-refractivity contribution in [2.45, 2.75) is 53.1 Å². The van der Waals surface area contributed by atoms with Crippen LogP contribution in [0.25, 0.3) is 0 Å². The Labute approximate surface area is 148 Å². The number of benzene rings is 1. The van der Waals surface area contributed by atoms with Gasteiger partial charge in [-0.3, -0.25) is 9.59 Å². The number of aromatic nitrogens is 1. The van der Waals surface area contributed by atoms with Crippen molar-refractivity contribution in [1.82, 2.24) is 10.3 Å². The Morgan fingerprint density at radius 1 is 1.20 bits per heavy atom. The zero-order chi connectivity index (χ0) is 18.6. The van der Waals surface area contributed by atoms with Gasteiger partial charge < -0.3 is 15.6 Å². The van der Waals surface area contributed by atoms with Crippen molar-refractivity contribution in [3.05, 3.63) is 63.1 Å². The van der Waals surface area contributed by atoms with Crippen LogP contribution in [-0.4, -0.2) is 16.4 Å². The average molecular weight is 341 g/mol. The molecule has 25 heavy (non-hydrogen) atoms. The van der Waals surface area contributed by atoms with E-state index in [4.69, 9.17) is 0 Å². The fourth-order valence-corrected chi connectivity index (χ4v) is 2.59. The molecule has 0 atom stereocenters. The maximum Gasteiger partial charge on any atom is 0.253 e. The molecule has 0 radical (unpaired) electrons. The van der Waals surface area contributed by atoms with E-state index in [1.165, 1.54) is 0 Å². The topological polar surface area (TPSA) is 74.0 Å². The minimum absolute atomic E-state index is 0.0403. The lowest BCUT2D eigenvalue weighted by Gasteiger charge is -2.26. The number of aromatic amines is 1. The van der Waals surface area contributed by atoms with Crippen molar-refractivity contribution in [3.63, 3.8) is 0 Å². The predicted octanol–water partition coefficient (Wildman–Crippen LogP) is 3.52. The van der Waals surface area contributed by atoms with Gasteiger partial charge in [-0.15, -0.1) is 0 Å². The summed E-state index contributed by atoms with van der Waals surface area (Å²) in [6.45, 7) is 10.3. The van der Waals surface area contributed by atoms with E-state index in [0.29, 0.717) is 11.1 Å². The Kier molecular flexibility index (Phi) is 5.67. The normalized spacial score (nSPS) is 11.2. The molecule has 0 aliphatic carbocycles. The Morgan fingerprint density at radius 2 is 1.92 bits per heavy atom. The number of rotatable bonds is 6. The molecule has 0 aliphatic rings. The fourth-order valence-electron chi connectivity index (χ4n) is 2.59. The minimum atomic E-state index is -0.197. The molecule has 2 aromatic rings. The average Bonchev–Trinajstić information content (AvgIpc) is 2.53. The summed E-state index contributed by atoms with van der Waals surface area (Å²) in [5.41, 5.74) is 3.55. The number of hydrogen-bond donors (Lipinski definition) is 3. The zero-order valence-electron chi connectivity index (χ0n) is 15.6. The van der Waals surface area contributed by atoms with Crippen LogP contribution in [0.1, 0.15) is 54.4 Å². The lowest BCUT2D eigenvalue weighted by Crippen LogP contribution is -2.30. The number of anilines is 1. The summed E-state index contributed by atoms with van der Waals surface area (Å²) in [5, 5.41) is 6.26. The van der Waals surface area contributed by atoms with Crippen LogP contribution < -0.4 is 16.2 Å². The highest BCUT2D eigenvalue weighted by atomic mass is 16.1. The van der Waals surface area contributed by atoms with E-state index >= 15 is 0 Å². The molecule has 134 valence electrons. The second-order valence-corrected chi connectivity index (χ2v) is 7.07. The van der Waals surface area contributed by atoms with E-state index in [1.807, 2.05) is 38.1 Å². The molecule has 0 saturated carbocycles. The fraction of sp³-hybridized carbons (Fsp3) is 0.400. The van der Waals surface area contributed by atoms with Crippen LogP contribution >= 0.6 is 0 Å². The highest BCUT2D eigenvalue weighted by Crippen LogP contribution is 2.19. The van der Waals surface area contributed by atoms with Crippen molar-refractivity contribution < 1.29 is 4.79 Å². The van der Waals surface area contributed by atoms with E-state index < -0.39 is 0 Å². The summed E-state index contributed by atoms with van der Waals surface area (Å²) < 4.78 is 0. The van der Waals surface area contributed by atoms with Crippen molar-refractivity contribution >= 4 is 11.6 Å². The van der Waals surface area contributed by atoms with Gasteiger partial charge in [-0.1, -0.05) is 13.0 Å². The van der Waals surface area contributed by atoms with E-state index in [0.717, 1.165) is 23.4 Å². The van der Waals surface area contributed by atoms with Crippen molar-refractivity contribution in [3.8, 4) is 0 Å². The first kappa shape index (κ1) is 18.8. The molecule has 3 N–H and O–H groups in total. The highest BCUT2D eigenvalue weighted by Gasteiger charge is 2.15. The zero-order valence-corrected chi connectivity index (χ0v) is 15.6. The van der Waals surface area contributed by atoms with Gasteiger partial charge in [-0.25, -0.2) is 0 Å². The Morgan fingerprint density at radius 3 is 2.56 bits per heavy atom. The van der Waals surface area contributed by atoms with E-state index in [9.17, 15) is 9.59 Å². The van der Waals surface area contributed by atoms with Crippen molar-refractivity contribution in [1.29, 1.82) is 0 Å². The molecule has 0 aliphatic heterocycles. The summed E-state index contributed by atoms with van der Waals surface area (Å²) in [5.74, 6) is -0.197. The number of nitrogens with one attached hydrogen (secondary N) is 3. The number of amides is 1. The molecule has 1 aromatic heterocycles. The molecule has 0 unspecified atom stereocenters. The Bertz CT molecular complexity index is 822. The minimum Gasteiger partial charge on any atom is -0.380 e. The number of pyridine rings is 1. The smallest absolute Gasteiger partial charge is 0.253 e.